The fourth-order valence-corrected chi connectivity index (χ4v) is 6.50. The molecule has 1 N–H and O–H groups in total. The monoisotopic (exact) mass is 446 g/mol. The van der Waals surface area contributed by atoms with Gasteiger partial charge in [0, 0.05) is 23.9 Å². The lowest BCUT2D eigenvalue weighted by molar-refractivity contribution is -0.141. The first kappa shape index (κ1) is 19.0. The van der Waals surface area contributed by atoms with Crippen LogP contribution in [0.2, 0.25) is 0 Å². The Bertz CT molecular complexity index is 1300. The summed E-state index contributed by atoms with van der Waals surface area (Å²) in [6, 6.07) is 6.83. The van der Waals surface area contributed by atoms with Crippen molar-refractivity contribution in [2.24, 2.45) is 0 Å². The van der Waals surface area contributed by atoms with Crippen LogP contribution in [0, 0.1) is 0 Å². The Morgan fingerprint density at radius 3 is 2.52 bits per heavy atom. The van der Waals surface area contributed by atoms with E-state index in [1.165, 1.54) is 9.87 Å². The van der Waals surface area contributed by atoms with Gasteiger partial charge < -0.3 is 0 Å². The molecule has 160 valence electrons. The molecule has 2 aliphatic heterocycles. The number of aromatic nitrogens is 3. The Morgan fingerprint density at radius 2 is 1.84 bits per heavy atom. The quantitative estimate of drug-likeness (QED) is 0.657. The number of fused-ring (bicyclic) bond motifs is 7. The number of sulfonamides is 1. The number of halogens is 3. The van der Waals surface area contributed by atoms with E-state index in [9.17, 15) is 21.6 Å². The van der Waals surface area contributed by atoms with Gasteiger partial charge in [0.15, 0.2) is 0 Å². The largest absolute Gasteiger partial charge is 0.433 e. The normalized spacial score (nSPS) is 22.9. The molecule has 6 rings (SSSR count). The molecule has 1 aromatic carbocycles. The molecule has 1 fully saturated rings. The smallest absolute Gasteiger partial charge is 0.282 e. The third-order valence-electron chi connectivity index (χ3n) is 6.42. The van der Waals surface area contributed by atoms with Crippen molar-refractivity contribution in [3.63, 3.8) is 0 Å². The van der Waals surface area contributed by atoms with Crippen molar-refractivity contribution < 1.29 is 21.6 Å². The van der Waals surface area contributed by atoms with Crippen LogP contribution >= 0.6 is 0 Å². The number of rotatable bonds is 3. The summed E-state index contributed by atoms with van der Waals surface area (Å²) in [5, 5.41) is 7.08. The highest BCUT2D eigenvalue weighted by Gasteiger charge is 2.51. The second kappa shape index (κ2) is 6.17. The minimum atomic E-state index is -4.63. The molecule has 2 unspecified atom stereocenters. The third-order valence-corrected chi connectivity index (χ3v) is 8.28. The summed E-state index contributed by atoms with van der Waals surface area (Å²) < 4.78 is 67.3. The Kier molecular flexibility index (Phi) is 3.78. The lowest BCUT2D eigenvalue weighted by atomic mass is 9.97. The summed E-state index contributed by atoms with van der Waals surface area (Å²) in [6.45, 7) is 0. The molecule has 6 nitrogen and oxygen atoms in total. The topological polar surface area (TPSA) is 79.0 Å². The minimum Gasteiger partial charge on any atom is -0.282 e. The number of nitrogens with one attached hydrogen (secondary N) is 1. The fourth-order valence-electron chi connectivity index (χ4n) is 4.81. The minimum absolute atomic E-state index is 0.252. The van der Waals surface area contributed by atoms with Gasteiger partial charge in [0.2, 0.25) is 10.0 Å². The van der Waals surface area contributed by atoms with Crippen LogP contribution in [0.4, 0.5) is 13.2 Å². The van der Waals surface area contributed by atoms with Gasteiger partial charge >= 0.3 is 6.18 Å². The molecule has 10 heteroatoms. The Balaban J connectivity index is 1.47. The molecular formula is C21H17F3N4O2S. The number of nitrogens with zero attached hydrogens (tertiary/aromatic N) is 3. The van der Waals surface area contributed by atoms with Crippen molar-refractivity contribution in [3.8, 4) is 0 Å². The van der Waals surface area contributed by atoms with Gasteiger partial charge in [0.05, 0.1) is 18.3 Å². The average molecular weight is 446 g/mol. The molecular weight excluding hydrogens is 429 g/mol. The van der Waals surface area contributed by atoms with Crippen LogP contribution in [-0.2, 0) is 22.6 Å². The van der Waals surface area contributed by atoms with Crippen LogP contribution in [0.1, 0.15) is 64.5 Å². The van der Waals surface area contributed by atoms with Crippen LogP contribution in [-0.4, -0.2) is 27.9 Å². The standard InChI is InChI=1S/C21H17F3N4O2S/c22-21(23,24)19-6-4-13(9-25-19)31(29,30)28-18-8-17-16(10-26-27-17)20(28)15-7-12(11-1-2-11)3-5-14(15)18/h3-7,9-11,18,20H,1-2,8H2,(H,26,27). The highest BCUT2D eigenvalue weighted by Crippen LogP contribution is 2.55. The molecule has 1 aliphatic carbocycles. The molecule has 0 saturated heterocycles. The fraction of sp³-hybridized carbons (Fsp3) is 0.333. The van der Waals surface area contributed by atoms with Crippen LogP contribution in [0.3, 0.4) is 0 Å². The zero-order chi connectivity index (χ0) is 21.5. The Hall–Kier alpha value is -2.72. The van der Waals surface area contributed by atoms with E-state index in [1.807, 2.05) is 6.07 Å². The maximum atomic E-state index is 13.6. The van der Waals surface area contributed by atoms with Crippen molar-refractivity contribution in [2.75, 3.05) is 0 Å². The van der Waals surface area contributed by atoms with E-state index in [4.69, 9.17) is 0 Å². The molecule has 1 saturated carbocycles. The van der Waals surface area contributed by atoms with Gasteiger partial charge in [-0.05, 0) is 47.6 Å². The summed E-state index contributed by atoms with van der Waals surface area (Å²) in [4.78, 5) is 3.11. The maximum absolute atomic E-state index is 13.6. The summed E-state index contributed by atoms with van der Waals surface area (Å²) in [6.07, 6.45) is 0.486. The number of H-pyrrole nitrogens is 1. The Labute approximate surface area is 176 Å². The highest BCUT2D eigenvalue weighted by molar-refractivity contribution is 7.89. The SMILES string of the molecule is O=S(=O)(c1ccc(C(F)(F)F)nc1)N1C2Cc3[nH]ncc3C1c1cc(C3CC3)ccc12. The number of hydrogen-bond acceptors (Lipinski definition) is 4. The van der Waals surface area contributed by atoms with Crippen molar-refractivity contribution >= 4 is 10.0 Å². The summed E-state index contributed by atoms with van der Waals surface area (Å²) in [5.74, 6) is 0.513. The van der Waals surface area contributed by atoms with Gasteiger partial charge in [-0.2, -0.15) is 22.6 Å². The Morgan fingerprint density at radius 1 is 1.03 bits per heavy atom. The van der Waals surface area contributed by atoms with Crippen LogP contribution < -0.4 is 0 Å². The molecule has 31 heavy (non-hydrogen) atoms. The lowest BCUT2D eigenvalue weighted by Gasteiger charge is -2.33. The van der Waals surface area contributed by atoms with Gasteiger partial charge in [-0.25, -0.2) is 8.42 Å². The summed E-state index contributed by atoms with van der Waals surface area (Å²) >= 11 is 0. The van der Waals surface area contributed by atoms with Crippen molar-refractivity contribution in [1.29, 1.82) is 0 Å². The molecule has 0 radical (unpaired) electrons. The molecule has 3 aliphatic rings. The van der Waals surface area contributed by atoms with Crippen molar-refractivity contribution in [3.05, 3.63) is 76.4 Å². The van der Waals surface area contributed by atoms with Crippen LogP contribution in [0.5, 0.6) is 0 Å². The number of pyridine rings is 1. The number of benzene rings is 1. The molecule has 3 aromatic rings. The van der Waals surface area contributed by atoms with Gasteiger partial charge in [-0.3, -0.25) is 10.1 Å². The second-order valence-corrected chi connectivity index (χ2v) is 10.1. The molecule has 2 atom stereocenters. The number of aromatic amines is 1. The van der Waals surface area contributed by atoms with Gasteiger partial charge in [-0.1, -0.05) is 18.2 Å². The van der Waals surface area contributed by atoms with E-state index in [0.29, 0.717) is 18.4 Å². The third kappa shape index (κ3) is 2.77. The van der Waals surface area contributed by atoms with Crippen LogP contribution in [0.15, 0.2) is 47.6 Å². The number of hydrogen-bond donors (Lipinski definition) is 1. The lowest BCUT2D eigenvalue weighted by Crippen LogP contribution is -2.37. The summed E-state index contributed by atoms with van der Waals surface area (Å²) in [5.41, 5.74) is 3.61. The van der Waals surface area contributed by atoms with Gasteiger partial charge in [-0.15, -0.1) is 0 Å². The van der Waals surface area contributed by atoms with Gasteiger partial charge in [0.25, 0.3) is 0 Å². The van der Waals surface area contributed by atoms with Crippen molar-refractivity contribution in [2.45, 2.75) is 48.3 Å². The summed E-state index contributed by atoms with van der Waals surface area (Å²) in [7, 11) is -4.10. The van der Waals surface area contributed by atoms with E-state index in [1.54, 1.807) is 6.20 Å². The van der Waals surface area contributed by atoms with Crippen LogP contribution in [0.25, 0.3) is 0 Å². The predicted molar refractivity (Wildman–Crippen MR) is 104 cm³/mol. The first-order valence-corrected chi connectivity index (χ1v) is 11.4. The van der Waals surface area contributed by atoms with E-state index in [2.05, 4.69) is 27.3 Å². The van der Waals surface area contributed by atoms with E-state index < -0.39 is 34.0 Å². The molecule has 4 heterocycles. The van der Waals surface area contributed by atoms with Gasteiger partial charge in [0.1, 0.15) is 10.6 Å². The highest BCUT2D eigenvalue weighted by atomic mass is 32.2. The second-order valence-electron chi connectivity index (χ2n) is 8.30. The molecule has 0 amide bonds. The molecule has 2 aromatic heterocycles. The zero-order valence-corrected chi connectivity index (χ0v) is 16.9. The first-order valence-electron chi connectivity index (χ1n) is 9.98. The maximum Gasteiger partial charge on any atom is 0.433 e. The number of alkyl halides is 3. The zero-order valence-electron chi connectivity index (χ0n) is 16.1. The average Bonchev–Trinajstić information content (AvgIpc) is 3.43. The molecule has 2 bridgehead atoms. The van der Waals surface area contributed by atoms with E-state index in [0.717, 1.165) is 47.5 Å². The predicted octanol–water partition coefficient (Wildman–Crippen LogP) is 4.09. The van der Waals surface area contributed by atoms with E-state index >= 15 is 0 Å². The van der Waals surface area contributed by atoms with E-state index in [-0.39, 0.29) is 4.90 Å². The molecule has 0 spiro atoms. The first-order chi connectivity index (χ1) is 14.7. The van der Waals surface area contributed by atoms with Crippen molar-refractivity contribution in [1.82, 2.24) is 19.5 Å².